The number of primary amides is 1. The first kappa shape index (κ1) is 11.2. The Morgan fingerprint density at radius 1 is 1.57 bits per heavy atom. The van der Waals surface area contributed by atoms with Gasteiger partial charge in [0.1, 0.15) is 6.04 Å². The predicted octanol–water partition coefficient (Wildman–Crippen LogP) is 1.34. The van der Waals surface area contributed by atoms with Crippen LogP contribution in [0.1, 0.15) is 39.0 Å². The van der Waals surface area contributed by atoms with Gasteiger partial charge < -0.3 is 5.73 Å². The molecule has 0 saturated heterocycles. The van der Waals surface area contributed by atoms with Crippen LogP contribution in [0.5, 0.6) is 0 Å². The van der Waals surface area contributed by atoms with Crippen LogP contribution in [0.4, 0.5) is 0 Å². The minimum absolute atomic E-state index is 0.254. The molecule has 2 unspecified atom stereocenters. The third-order valence-electron chi connectivity index (χ3n) is 2.63. The first-order valence-electron chi connectivity index (χ1n) is 5.46. The molecule has 14 heavy (non-hydrogen) atoms. The maximum atomic E-state index is 10.9. The van der Waals surface area contributed by atoms with E-state index in [2.05, 4.69) is 18.3 Å². The van der Waals surface area contributed by atoms with E-state index in [1.165, 1.54) is 19.3 Å². The average Bonchev–Trinajstić information content (AvgIpc) is 2.19. The third kappa shape index (κ3) is 3.50. The van der Waals surface area contributed by atoms with E-state index in [1.54, 1.807) is 0 Å². The molecule has 1 heterocycles. The fraction of sp³-hybridized carbons (Fsp3) is 0.727. The summed E-state index contributed by atoms with van der Waals surface area (Å²) in [6, 6.07) is 0.180. The molecule has 1 aliphatic heterocycles. The molecular weight excluding hydrogens is 176 g/mol. The lowest BCUT2D eigenvalue weighted by Crippen LogP contribution is -2.47. The number of hydrogen-bond acceptors (Lipinski definition) is 2. The van der Waals surface area contributed by atoms with Crippen LogP contribution in [0, 0.1) is 0 Å². The molecule has 0 spiro atoms. The Bertz CT molecular complexity index is 213. The normalized spacial score (nSPS) is 26.4. The zero-order valence-electron chi connectivity index (χ0n) is 8.83. The second kappa shape index (κ2) is 5.81. The summed E-state index contributed by atoms with van der Waals surface area (Å²) in [5.41, 5.74) is 5.23. The lowest BCUT2D eigenvalue weighted by Gasteiger charge is -2.24. The first-order chi connectivity index (χ1) is 6.74. The maximum absolute atomic E-state index is 10.9. The van der Waals surface area contributed by atoms with Crippen LogP contribution in [0.3, 0.4) is 0 Å². The highest BCUT2D eigenvalue weighted by molar-refractivity contribution is 5.82. The van der Waals surface area contributed by atoms with E-state index in [0.29, 0.717) is 6.04 Å². The largest absolute Gasteiger partial charge is 0.368 e. The molecule has 0 aliphatic carbocycles. The van der Waals surface area contributed by atoms with Gasteiger partial charge in [0.25, 0.3) is 0 Å². The van der Waals surface area contributed by atoms with Gasteiger partial charge >= 0.3 is 0 Å². The molecule has 3 nitrogen and oxygen atoms in total. The van der Waals surface area contributed by atoms with E-state index in [4.69, 9.17) is 5.73 Å². The van der Waals surface area contributed by atoms with E-state index in [9.17, 15) is 4.79 Å². The van der Waals surface area contributed by atoms with E-state index < -0.39 is 0 Å². The highest BCUT2D eigenvalue weighted by Crippen LogP contribution is 2.11. The summed E-state index contributed by atoms with van der Waals surface area (Å²) in [7, 11) is 0. The number of hydrogen-bond donors (Lipinski definition) is 2. The van der Waals surface area contributed by atoms with Gasteiger partial charge in [-0.2, -0.15) is 0 Å². The van der Waals surface area contributed by atoms with E-state index >= 15 is 0 Å². The van der Waals surface area contributed by atoms with Crippen molar-refractivity contribution in [3.8, 4) is 0 Å². The summed E-state index contributed by atoms with van der Waals surface area (Å²) in [6.07, 6.45) is 9.81. The van der Waals surface area contributed by atoms with Crippen LogP contribution in [-0.4, -0.2) is 18.0 Å². The minimum Gasteiger partial charge on any atom is -0.368 e. The Labute approximate surface area is 85.7 Å². The summed E-state index contributed by atoms with van der Waals surface area (Å²) in [6.45, 7) is 2.19. The third-order valence-corrected chi connectivity index (χ3v) is 2.63. The van der Waals surface area contributed by atoms with E-state index in [-0.39, 0.29) is 11.9 Å². The highest BCUT2D eigenvalue weighted by atomic mass is 16.1. The van der Waals surface area contributed by atoms with Crippen molar-refractivity contribution in [2.75, 3.05) is 0 Å². The summed E-state index contributed by atoms with van der Waals surface area (Å²) < 4.78 is 0. The van der Waals surface area contributed by atoms with Gasteiger partial charge in [-0.1, -0.05) is 38.3 Å². The second-order valence-corrected chi connectivity index (χ2v) is 3.90. The molecule has 1 rings (SSSR count). The zero-order chi connectivity index (χ0) is 10.4. The Balaban J connectivity index is 2.28. The van der Waals surface area contributed by atoms with Crippen LogP contribution in [0.15, 0.2) is 12.2 Å². The molecule has 0 radical (unpaired) electrons. The smallest absolute Gasteiger partial charge is 0.238 e. The van der Waals surface area contributed by atoms with Gasteiger partial charge in [0, 0.05) is 6.04 Å². The van der Waals surface area contributed by atoms with Crippen molar-refractivity contribution in [3.05, 3.63) is 12.2 Å². The van der Waals surface area contributed by atoms with Crippen molar-refractivity contribution in [2.45, 2.75) is 51.1 Å². The summed E-state index contributed by atoms with van der Waals surface area (Å²) in [4.78, 5) is 10.9. The van der Waals surface area contributed by atoms with Gasteiger partial charge in [-0.3, -0.25) is 10.1 Å². The molecule has 0 bridgehead atoms. The number of unbranched alkanes of at least 4 members (excludes halogenated alkanes) is 2. The molecule has 2 atom stereocenters. The van der Waals surface area contributed by atoms with Gasteiger partial charge in [-0.05, 0) is 12.8 Å². The van der Waals surface area contributed by atoms with Crippen molar-refractivity contribution in [2.24, 2.45) is 5.73 Å². The Morgan fingerprint density at radius 2 is 2.36 bits per heavy atom. The Hall–Kier alpha value is -0.830. The standard InChI is InChI=1S/C11H20N2O/c1-2-3-4-6-9-7-5-8-10(13-9)11(12)14/h5,8-10,13H,2-4,6-7H2,1H3,(H2,12,14). The minimum atomic E-state index is -0.276. The lowest BCUT2D eigenvalue weighted by atomic mass is 10.00. The average molecular weight is 196 g/mol. The molecule has 3 heteroatoms. The quantitative estimate of drug-likeness (QED) is 0.515. The van der Waals surface area contributed by atoms with Crippen LogP contribution >= 0.6 is 0 Å². The number of amides is 1. The number of carbonyl (C=O) groups is 1. The van der Waals surface area contributed by atoms with E-state index in [0.717, 1.165) is 12.8 Å². The van der Waals surface area contributed by atoms with Crippen molar-refractivity contribution in [3.63, 3.8) is 0 Å². The first-order valence-corrected chi connectivity index (χ1v) is 5.46. The molecular formula is C11H20N2O. The topological polar surface area (TPSA) is 55.1 Å². The fourth-order valence-electron chi connectivity index (χ4n) is 1.78. The van der Waals surface area contributed by atoms with Crippen molar-refractivity contribution in [1.29, 1.82) is 0 Å². The monoisotopic (exact) mass is 196 g/mol. The van der Waals surface area contributed by atoms with Gasteiger partial charge in [0.15, 0.2) is 0 Å². The summed E-state index contributed by atoms with van der Waals surface area (Å²) in [5.74, 6) is -0.276. The lowest BCUT2D eigenvalue weighted by molar-refractivity contribution is -0.119. The van der Waals surface area contributed by atoms with Gasteiger partial charge in [-0.25, -0.2) is 0 Å². The van der Waals surface area contributed by atoms with Gasteiger partial charge in [0.2, 0.25) is 5.91 Å². The molecule has 0 fully saturated rings. The van der Waals surface area contributed by atoms with Crippen LogP contribution in [0.2, 0.25) is 0 Å². The molecule has 1 amide bonds. The van der Waals surface area contributed by atoms with Crippen LogP contribution in [-0.2, 0) is 4.79 Å². The SMILES string of the molecule is CCCCCC1CC=CC(C(N)=O)N1. The van der Waals surface area contributed by atoms with Crippen molar-refractivity contribution < 1.29 is 4.79 Å². The highest BCUT2D eigenvalue weighted by Gasteiger charge is 2.19. The maximum Gasteiger partial charge on any atom is 0.238 e. The Morgan fingerprint density at radius 3 is 3.00 bits per heavy atom. The van der Waals surface area contributed by atoms with E-state index in [1.807, 2.05) is 6.08 Å². The fourth-order valence-corrected chi connectivity index (χ4v) is 1.78. The van der Waals surface area contributed by atoms with Gasteiger partial charge in [0.05, 0.1) is 0 Å². The number of carbonyl (C=O) groups excluding carboxylic acids is 1. The molecule has 0 aromatic rings. The number of rotatable bonds is 5. The molecule has 0 aromatic heterocycles. The second-order valence-electron chi connectivity index (χ2n) is 3.90. The molecule has 0 aromatic carbocycles. The van der Waals surface area contributed by atoms with Crippen molar-refractivity contribution >= 4 is 5.91 Å². The number of nitrogens with one attached hydrogen (secondary N) is 1. The summed E-state index contributed by atoms with van der Waals surface area (Å²) in [5, 5.41) is 3.25. The number of nitrogens with two attached hydrogens (primary N) is 1. The van der Waals surface area contributed by atoms with Crippen molar-refractivity contribution in [1.82, 2.24) is 5.32 Å². The zero-order valence-corrected chi connectivity index (χ0v) is 8.83. The van der Waals surface area contributed by atoms with Gasteiger partial charge in [-0.15, -0.1) is 0 Å². The molecule has 1 aliphatic rings. The molecule has 3 N–H and O–H groups in total. The Kier molecular flexibility index (Phi) is 4.66. The summed E-state index contributed by atoms with van der Waals surface area (Å²) >= 11 is 0. The predicted molar refractivity (Wildman–Crippen MR) is 57.8 cm³/mol. The molecule has 80 valence electrons. The van der Waals surface area contributed by atoms with Crippen LogP contribution in [0.25, 0.3) is 0 Å². The van der Waals surface area contributed by atoms with Crippen LogP contribution < -0.4 is 11.1 Å². The molecule has 0 saturated carbocycles.